The number of likely N-dealkylation sites (N-methyl/N-ethyl adjacent to an activating group) is 1. The van der Waals surface area contributed by atoms with Crippen molar-refractivity contribution >= 4 is 11.3 Å². The summed E-state index contributed by atoms with van der Waals surface area (Å²) in [5, 5.41) is 2.13. The lowest BCUT2D eigenvalue weighted by molar-refractivity contribution is 0.261. The third kappa shape index (κ3) is 3.78. The van der Waals surface area contributed by atoms with Crippen LogP contribution in [0.4, 0.5) is 0 Å². The van der Waals surface area contributed by atoms with Crippen LogP contribution in [0.3, 0.4) is 0 Å². The highest BCUT2D eigenvalue weighted by Crippen LogP contribution is 2.11. The van der Waals surface area contributed by atoms with E-state index in [0.717, 1.165) is 26.1 Å². The number of hydrogen-bond donors (Lipinski definition) is 1. The molecule has 0 bridgehead atoms. The van der Waals surface area contributed by atoms with Crippen molar-refractivity contribution in [2.45, 2.75) is 32.9 Å². The Kier molecular flexibility index (Phi) is 5.15. The second kappa shape index (κ2) is 6.17. The van der Waals surface area contributed by atoms with Crippen molar-refractivity contribution in [1.82, 2.24) is 4.90 Å². The van der Waals surface area contributed by atoms with Crippen LogP contribution >= 0.6 is 11.3 Å². The lowest BCUT2D eigenvalue weighted by atomic mass is 10.2. The van der Waals surface area contributed by atoms with Gasteiger partial charge in [-0.2, -0.15) is 0 Å². The van der Waals surface area contributed by atoms with Crippen LogP contribution in [0.15, 0.2) is 17.5 Å². The zero-order valence-electron chi connectivity index (χ0n) is 9.07. The maximum Gasteiger partial charge on any atom is 0.0328 e. The number of hydrogen-bond acceptors (Lipinski definition) is 3. The normalized spacial score (nSPS) is 13.4. The second-order valence-electron chi connectivity index (χ2n) is 3.58. The average molecular weight is 212 g/mol. The number of nitrogens with zero attached hydrogens (tertiary/aromatic N) is 1. The Bertz CT molecular complexity index is 233. The van der Waals surface area contributed by atoms with Gasteiger partial charge in [0.1, 0.15) is 0 Å². The molecule has 1 aromatic rings. The Labute approximate surface area is 90.7 Å². The quantitative estimate of drug-likeness (QED) is 0.784. The predicted molar refractivity (Wildman–Crippen MR) is 63.5 cm³/mol. The molecule has 0 aromatic carbocycles. The summed E-state index contributed by atoms with van der Waals surface area (Å²) in [5.41, 5.74) is 5.94. The van der Waals surface area contributed by atoms with Crippen molar-refractivity contribution in [1.29, 1.82) is 0 Å². The van der Waals surface area contributed by atoms with Crippen LogP contribution in [-0.2, 0) is 6.54 Å². The molecule has 1 aromatic heterocycles. The minimum absolute atomic E-state index is 0.315. The SMILES string of the molecule is CCC(N)CN(CC)Cc1cccs1. The van der Waals surface area contributed by atoms with Crippen LogP contribution in [0.5, 0.6) is 0 Å². The maximum absolute atomic E-state index is 5.94. The summed E-state index contributed by atoms with van der Waals surface area (Å²) in [6.07, 6.45) is 1.06. The van der Waals surface area contributed by atoms with E-state index in [1.807, 2.05) is 11.3 Å². The molecular weight excluding hydrogens is 192 g/mol. The van der Waals surface area contributed by atoms with Crippen molar-refractivity contribution in [2.24, 2.45) is 5.73 Å². The Morgan fingerprint density at radius 1 is 1.50 bits per heavy atom. The summed E-state index contributed by atoms with van der Waals surface area (Å²) in [5.74, 6) is 0. The second-order valence-corrected chi connectivity index (χ2v) is 4.61. The van der Waals surface area contributed by atoms with Crippen LogP contribution in [0.1, 0.15) is 25.1 Å². The molecule has 1 heterocycles. The van der Waals surface area contributed by atoms with Crippen LogP contribution in [0, 0.1) is 0 Å². The summed E-state index contributed by atoms with van der Waals surface area (Å²) >= 11 is 1.82. The zero-order chi connectivity index (χ0) is 10.4. The van der Waals surface area contributed by atoms with Crippen molar-refractivity contribution in [3.8, 4) is 0 Å². The molecule has 0 aliphatic rings. The van der Waals surface area contributed by atoms with Gasteiger partial charge in [0, 0.05) is 24.0 Å². The Morgan fingerprint density at radius 2 is 2.29 bits per heavy atom. The van der Waals surface area contributed by atoms with Crippen LogP contribution < -0.4 is 5.73 Å². The summed E-state index contributed by atoms with van der Waals surface area (Å²) in [6, 6.07) is 4.60. The monoisotopic (exact) mass is 212 g/mol. The predicted octanol–water partition coefficient (Wildman–Crippen LogP) is 2.31. The fourth-order valence-electron chi connectivity index (χ4n) is 1.39. The Balaban J connectivity index is 2.39. The molecule has 14 heavy (non-hydrogen) atoms. The molecule has 0 aliphatic carbocycles. The molecule has 3 heteroatoms. The van der Waals surface area contributed by atoms with Crippen LogP contribution in [0.2, 0.25) is 0 Å². The molecular formula is C11H20N2S. The molecule has 2 nitrogen and oxygen atoms in total. The minimum atomic E-state index is 0.315. The molecule has 0 fully saturated rings. The fraction of sp³-hybridized carbons (Fsp3) is 0.636. The van der Waals surface area contributed by atoms with Gasteiger partial charge in [0.25, 0.3) is 0 Å². The first kappa shape index (κ1) is 11.7. The van der Waals surface area contributed by atoms with Gasteiger partial charge >= 0.3 is 0 Å². The third-order valence-corrected chi connectivity index (χ3v) is 3.28. The smallest absolute Gasteiger partial charge is 0.0328 e. The molecule has 80 valence electrons. The van der Waals surface area contributed by atoms with Gasteiger partial charge in [0.15, 0.2) is 0 Å². The van der Waals surface area contributed by atoms with Crippen LogP contribution in [0.25, 0.3) is 0 Å². The van der Waals surface area contributed by atoms with Crippen molar-refractivity contribution in [2.75, 3.05) is 13.1 Å². The molecule has 0 amide bonds. The van der Waals surface area contributed by atoms with Gasteiger partial charge in [-0.25, -0.2) is 0 Å². The number of rotatable bonds is 6. The van der Waals surface area contributed by atoms with E-state index in [4.69, 9.17) is 5.73 Å². The van der Waals surface area contributed by atoms with Crippen molar-refractivity contribution in [3.63, 3.8) is 0 Å². The van der Waals surface area contributed by atoms with Crippen LogP contribution in [-0.4, -0.2) is 24.0 Å². The van der Waals surface area contributed by atoms with E-state index in [-0.39, 0.29) is 0 Å². The van der Waals surface area contributed by atoms with Gasteiger partial charge in [-0.05, 0) is 24.4 Å². The van der Waals surface area contributed by atoms with E-state index in [0.29, 0.717) is 6.04 Å². The summed E-state index contributed by atoms with van der Waals surface area (Å²) in [6.45, 7) is 7.46. The maximum atomic E-state index is 5.94. The number of nitrogens with two attached hydrogens (primary N) is 1. The third-order valence-electron chi connectivity index (χ3n) is 2.42. The first-order valence-corrected chi connectivity index (χ1v) is 6.14. The highest BCUT2D eigenvalue weighted by molar-refractivity contribution is 7.09. The lowest BCUT2D eigenvalue weighted by Gasteiger charge is -2.22. The fourth-order valence-corrected chi connectivity index (χ4v) is 2.14. The summed E-state index contributed by atoms with van der Waals surface area (Å²) < 4.78 is 0. The minimum Gasteiger partial charge on any atom is -0.327 e. The van der Waals surface area contributed by atoms with Gasteiger partial charge in [0.05, 0.1) is 0 Å². The molecule has 0 saturated carbocycles. The lowest BCUT2D eigenvalue weighted by Crippen LogP contribution is -2.36. The van der Waals surface area contributed by atoms with Gasteiger partial charge in [-0.3, -0.25) is 4.90 Å². The van der Waals surface area contributed by atoms with E-state index in [2.05, 4.69) is 36.3 Å². The first-order valence-electron chi connectivity index (χ1n) is 5.26. The molecule has 0 saturated heterocycles. The average Bonchev–Trinajstić information content (AvgIpc) is 2.69. The molecule has 0 radical (unpaired) electrons. The highest BCUT2D eigenvalue weighted by atomic mass is 32.1. The Hall–Kier alpha value is -0.380. The largest absolute Gasteiger partial charge is 0.327 e. The summed E-state index contributed by atoms with van der Waals surface area (Å²) in [4.78, 5) is 3.83. The van der Waals surface area contributed by atoms with E-state index < -0.39 is 0 Å². The molecule has 1 atom stereocenters. The molecule has 1 unspecified atom stereocenters. The van der Waals surface area contributed by atoms with E-state index in [1.165, 1.54) is 4.88 Å². The number of thiophene rings is 1. The molecule has 1 rings (SSSR count). The molecule has 2 N–H and O–H groups in total. The standard InChI is InChI=1S/C11H20N2S/c1-3-10(12)8-13(4-2)9-11-6-5-7-14-11/h5-7,10H,3-4,8-9,12H2,1-2H3. The van der Waals surface area contributed by atoms with Gasteiger partial charge in [-0.15, -0.1) is 11.3 Å². The molecule has 0 aliphatic heterocycles. The molecule has 0 spiro atoms. The van der Waals surface area contributed by atoms with E-state index >= 15 is 0 Å². The summed E-state index contributed by atoms with van der Waals surface area (Å²) in [7, 11) is 0. The van der Waals surface area contributed by atoms with Crippen molar-refractivity contribution < 1.29 is 0 Å². The van der Waals surface area contributed by atoms with Gasteiger partial charge in [-0.1, -0.05) is 19.9 Å². The van der Waals surface area contributed by atoms with Gasteiger partial charge in [0.2, 0.25) is 0 Å². The topological polar surface area (TPSA) is 29.3 Å². The first-order chi connectivity index (χ1) is 6.76. The Morgan fingerprint density at radius 3 is 2.79 bits per heavy atom. The highest BCUT2D eigenvalue weighted by Gasteiger charge is 2.08. The van der Waals surface area contributed by atoms with E-state index in [9.17, 15) is 0 Å². The van der Waals surface area contributed by atoms with E-state index in [1.54, 1.807) is 0 Å². The van der Waals surface area contributed by atoms with Gasteiger partial charge < -0.3 is 5.73 Å². The zero-order valence-corrected chi connectivity index (χ0v) is 9.89. The van der Waals surface area contributed by atoms with Crippen molar-refractivity contribution in [3.05, 3.63) is 22.4 Å².